The average Bonchev–Trinajstić information content (AvgIpc) is 2.94. The third-order valence-corrected chi connectivity index (χ3v) is 5.00. The molecule has 21 heavy (non-hydrogen) atoms. The van der Waals surface area contributed by atoms with Gasteiger partial charge >= 0.3 is 5.97 Å². The number of hydrogen-bond acceptors (Lipinski definition) is 4. The number of carbonyl (C=O) groups is 1. The largest absolute Gasteiger partial charge is 0.477 e. The highest BCUT2D eigenvalue weighted by Gasteiger charge is 2.23. The van der Waals surface area contributed by atoms with E-state index in [4.69, 9.17) is 11.6 Å². The van der Waals surface area contributed by atoms with Crippen molar-refractivity contribution in [1.29, 1.82) is 0 Å². The van der Waals surface area contributed by atoms with Crippen LogP contribution < -0.4 is 4.90 Å². The Bertz CT molecular complexity index is 665. The van der Waals surface area contributed by atoms with E-state index >= 15 is 0 Å². The van der Waals surface area contributed by atoms with Crippen LogP contribution in [-0.4, -0.2) is 29.1 Å². The van der Waals surface area contributed by atoms with Crippen molar-refractivity contribution in [3.63, 3.8) is 0 Å². The summed E-state index contributed by atoms with van der Waals surface area (Å²) in [5.41, 5.74) is 1.15. The molecule has 1 N–H and O–H groups in total. The highest BCUT2D eigenvalue weighted by molar-refractivity contribution is 7.17. The van der Waals surface area contributed by atoms with Gasteiger partial charge in [-0.05, 0) is 25.3 Å². The maximum atomic E-state index is 11.5. The van der Waals surface area contributed by atoms with Crippen LogP contribution in [0.2, 0.25) is 5.02 Å². The molecule has 0 aliphatic carbocycles. The predicted octanol–water partition coefficient (Wildman–Crippen LogP) is 4.15. The van der Waals surface area contributed by atoms with Crippen molar-refractivity contribution in [3.8, 4) is 11.3 Å². The summed E-state index contributed by atoms with van der Waals surface area (Å²) < 4.78 is 0. The number of carboxylic acid groups (broad SMARTS) is 1. The molecular weight excluding hydrogens is 308 g/mol. The van der Waals surface area contributed by atoms with Crippen LogP contribution in [0.4, 0.5) is 5.13 Å². The van der Waals surface area contributed by atoms with Gasteiger partial charge in [-0.3, -0.25) is 0 Å². The molecule has 1 aliphatic heterocycles. The molecule has 0 bridgehead atoms. The van der Waals surface area contributed by atoms with E-state index in [-0.39, 0.29) is 4.88 Å². The Balaban J connectivity index is 2.05. The summed E-state index contributed by atoms with van der Waals surface area (Å²) in [7, 11) is 0. The lowest BCUT2D eigenvalue weighted by molar-refractivity contribution is 0.0702. The first kappa shape index (κ1) is 14.4. The van der Waals surface area contributed by atoms with E-state index in [2.05, 4.69) is 9.88 Å². The average molecular weight is 323 g/mol. The number of thiazole rings is 1. The van der Waals surface area contributed by atoms with Crippen molar-refractivity contribution in [2.24, 2.45) is 0 Å². The van der Waals surface area contributed by atoms with Gasteiger partial charge in [0.05, 0.1) is 10.7 Å². The molecule has 3 rings (SSSR count). The van der Waals surface area contributed by atoms with E-state index in [1.54, 1.807) is 6.07 Å². The summed E-state index contributed by atoms with van der Waals surface area (Å²) in [5.74, 6) is -0.953. The molecule has 4 nitrogen and oxygen atoms in total. The summed E-state index contributed by atoms with van der Waals surface area (Å²) in [4.78, 5) is 18.5. The lowest BCUT2D eigenvalue weighted by Gasteiger charge is -2.25. The maximum Gasteiger partial charge on any atom is 0.348 e. The number of piperidine rings is 1. The zero-order chi connectivity index (χ0) is 14.8. The van der Waals surface area contributed by atoms with Crippen LogP contribution in [-0.2, 0) is 0 Å². The summed E-state index contributed by atoms with van der Waals surface area (Å²) >= 11 is 7.42. The molecule has 1 aromatic carbocycles. The molecule has 0 spiro atoms. The SMILES string of the molecule is O=C(O)c1sc(N2CCCCC2)nc1-c1ccccc1Cl. The topological polar surface area (TPSA) is 53.4 Å². The molecule has 1 fully saturated rings. The molecule has 110 valence electrons. The second-order valence-corrected chi connectivity index (χ2v) is 6.39. The Labute approximate surface area is 132 Å². The van der Waals surface area contributed by atoms with E-state index in [1.165, 1.54) is 17.8 Å². The minimum absolute atomic E-state index is 0.253. The molecule has 0 amide bonds. The van der Waals surface area contributed by atoms with Crippen molar-refractivity contribution in [3.05, 3.63) is 34.2 Å². The Morgan fingerprint density at radius 1 is 1.24 bits per heavy atom. The van der Waals surface area contributed by atoms with Gasteiger partial charge in [0.25, 0.3) is 0 Å². The first-order chi connectivity index (χ1) is 10.2. The molecule has 0 radical (unpaired) electrons. The van der Waals surface area contributed by atoms with Crippen LogP contribution in [0.5, 0.6) is 0 Å². The molecule has 6 heteroatoms. The number of benzene rings is 1. The molecule has 0 saturated carbocycles. The number of aromatic nitrogens is 1. The van der Waals surface area contributed by atoms with Crippen molar-refractivity contribution in [2.75, 3.05) is 18.0 Å². The molecule has 2 heterocycles. The van der Waals surface area contributed by atoms with Crippen LogP contribution in [0.15, 0.2) is 24.3 Å². The van der Waals surface area contributed by atoms with E-state index < -0.39 is 5.97 Å². The third-order valence-electron chi connectivity index (χ3n) is 3.57. The van der Waals surface area contributed by atoms with Gasteiger partial charge in [0.2, 0.25) is 0 Å². The lowest BCUT2D eigenvalue weighted by atomic mass is 10.1. The summed E-state index contributed by atoms with van der Waals surface area (Å²) in [6.07, 6.45) is 3.48. The summed E-state index contributed by atoms with van der Waals surface area (Å²) in [6.45, 7) is 1.88. The highest BCUT2D eigenvalue weighted by Crippen LogP contribution is 2.37. The number of rotatable bonds is 3. The predicted molar refractivity (Wildman–Crippen MR) is 85.6 cm³/mol. The second-order valence-electron chi connectivity index (χ2n) is 5.01. The van der Waals surface area contributed by atoms with Crippen LogP contribution in [0.25, 0.3) is 11.3 Å². The first-order valence-electron chi connectivity index (χ1n) is 6.91. The minimum atomic E-state index is -0.953. The van der Waals surface area contributed by atoms with Crippen LogP contribution >= 0.6 is 22.9 Å². The first-order valence-corrected chi connectivity index (χ1v) is 8.10. The van der Waals surface area contributed by atoms with Gasteiger partial charge in [-0.1, -0.05) is 41.1 Å². The summed E-state index contributed by atoms with van der Waals surface area (Å²) in [6, 6.07) is 7.23. The third kappa shape index (κ3) is 2.89. The normalized spacial score (nSPS) is 15.2. The van der Waals surface area contributed by atoms with Crippen molar-refractivity contribution in [1.82, 2.24) is 4.98 Å². The van der Waals surface area contributed by atoms with E-state index in [9.17, 15) is 9.90 Å². The van der Waals surface area contributed by atoms with Gasteiger partial charge in [-0.25, -0.2) is 9.78 Å². The fourth-order valence-corrected chi connectivity index (χ4v) is 3.71. The smallest absolute Gasteiger partial charge is 0.348 e. The van der Waals surface area contributed by atoms with Crippen molar-refractivity contribution < 1.29 is 9.90 Å². The number of hydrogen-bond donors (Lipinski definition) is 1. The van der Waals surface area contributed by atoms with Crippen LogP contribution in [0.1, 0.15) is 28.9 Å². The molecule has 1 aliphatic rings. The monoisotopic (exact) mass is 322 g/mol. The lowest BCUT2D eigenvalue weighted by Crippen LogP contribution is -2.29. The summed E-state index contributed by atoms with van der Waals surface area (Å²) in [5, 5.41) is 10.7. The Morgan fingerprint density at radius 2 is 1.95 bits per heavy atom. The van der Waals surface area contributed by atoms with E-state index in [0.717, 1.165) is 31.1 Å². The Kier molecular flexibility index (Phi) is 4.12. The molecule has 0 unspecified atom stereocenters. The minimum Gasteiger partial charge on any atom is -0.477 e. The maximum absolute atomic E-state index is 11.5. The number of halogens is 1. The number of carboxylic acids is 1. The number of aromatic carboxylic acids is 1. The quantitative estimate of drug-likeness (QED) is 0.922. The van der Waals surface area contributed by atoms with E-state index in [0.29, 0.717) is 16.3 Å². The number of anilines is 1. The molecule has 1 saturated heterocycles. The molecule has 0 atom stereocenters. The number of nitrogens with zero attached hydrogens (tertiary/aromatic N) is 2. The molecule has 1 aromatic heterocycles. The highest BCUT2D eigenvalue weighted by atomic mass is 35.5. The second kappa shape index (κ2) is 6.03. The fourth-order valence-electron chi connectivity index (χ4n) is 2.51. The van der Waals surface area contributed by atoms with E-state index in [1.807, 2.05) is 18.2 Å². The standard InChI is InChI=1S/C15H15ClN2O2S/c16-11-7-3-2-6-10(11)12-13(14(19)20)21-15(17-12)18-8-4-1-5-9-18/h2-3,6-7H,1,4-5,8-9H2,(H,19,20). The van der Waals surface area contributed by atoms with Gasteiger partial charge in [0.15, 0.2) is 5.13 Å². The van der Waals surface area contributed by atoms with Crippen LogP contribution in [0, 0.1) is 0 Å². The Morgan fingerprint density at radius 3 is 2.62 bits per heavy atom. The fraction of sp³-hybridized carbons (Fsp3) is 0.333. The Hall–Kier alpha value is -1.59. The van der Waals surface area contributed by atoms with Crippen molar-refractivity contribution in [2.45, 2.75) is 19.3 Å². The van der Waals surface area contributed by atoms with Crippen LogP contribution in [0.3, 0.4) is 0 Å². The molecule has 2 aromatic rings. The van der Waals surface area contributed by atoms with Gasteiger partial charge in [-0.2, -0.15) is 0 Å². The molecular formula is C15H15ClN2O2S. The zero-order valence-corrected chi connectivity index (χ0v) is 13.0. The zero-order valence-electron chi connectivity index (χ0n) is 11.4. The van der Waals surface area contributed by atoms with Crippen molar-refractivity contribution >= 4 is 34.0 Å². The van der Waals surface area contributed by atoms with Gasteiger partial charge in [-0.15, -0.1) is 0 Å². The van der Waals surface area contributed by atoms with Gasteiger partial charge in [0, 0.05) is 18.7 Å². The van der Waals surface area contributed by atoms with Gasteiger partial charge < -0.3 is 10.0 Å². The van der Waals surface area contributed by atoms with Gasteiger partial charge in [0.1, 0.15) is 4.88 Å².